The van der Waals surface area contributed by atoms with Gasteiger partial charge in [-0.05, 0) is 25.0 Å². The zero-order valence-electron chi connectivity index (χ0n) is 20.6. The van der Waals surface area contributed by atoms with E-state index >= 15 is 4.39 Å². The molecule has 12 nitrogen and oxygen atoms in total. The number of pyridine rings is 1. The Bertz CT molecular complexity index is 1240. The summed E-state index contributed by atoms with van der Waals surface area (Å²) in [4.78, 5) is 28.2. The molecule has 0 amide bonds. The van der Waals surface area contributed by atoms with Crippen molar-refractivity contribution < 1.29 is 44.2 Å². The number of ether oxygens (including phenoxy) is 2. The molecule has 0 bridgehead atoms. The molecule has 5 N–H and O–H groups in total. The van der Waals surface area contributed by atoms with Crippen LogP contribution in [0, 0.1) is 5.82 Å². The molecule has 3 heterocycles. The van der Waals surface area contributed by atoms with Crippen LogP contribution in [-0.2, 0) is 9.47 Å². The normalized spacial score (nSPS) is 28.7. The predicted octanol–water partition coefficient (Wildman–Crippen LogP) is -0.888. The summed E-state index contributed by atoms with van der Waals surface area (Å²) in [7, 11) is 0. The highest BCUT2D eigenvalue weighted by Gasteiger charge is 2.44. The van der Waals surface area contributed by atoms with Crippen LogP contribution in [-0.4, -0.2) is 118 Å². The molecule has 0 unspecified atom stereocenters. The van der Waals surface area contributed by atoms with Gasteiger partial charge < -0.3 is 44.5 Å². The van der Waals surface area contributed by atoms with E-state index in [0.29, 0.717) is 43.9 Å². The number of carboxylic acids is 1. The average Bonchev–Trinajstić information content (AvgIpc) is 3.75. The fourth-order valence-corrected chi connectivity index (χ4v) is 5.12. The first kappa shape index (κ1) is 26.9. The van der Waals surface area contributed by atoms with Gasteiger partial charge in [0.2, 0.25) is 5.43 Å². The second-order valence-corrected chi connectivity index (χ2v) is 10.0. The van der Waals surface area contributed by atoms with Crippen LogP contribution in [0.25, 0.3) is 10.9 Å². The summed E-state index contributed by atoms with van der Waals surface area (Å²) >= 11 is 0. The van der Waals surface area contributed by atoms with Gasteiger partial charge in [0.05, 0.1) is 24.4 Å². The molecule has 208 valence electrons. The first-order valence-corrected chi connectivity index (χ1v) is 12.7. The SMILES string of the molecule is O=C(O)c1cn(C2CC2)c2cc(N3CCN(CCO[C@@H]4O[C@@H](CO)[C@@H](O)[C@H](O)[C@@H]4O)CC3)c(F)cc2c1=O. The molecule has 0 spiro atoms. The molecule has 1 aromatic heterocycles. The summed E-state index contributed by atoms with van der Waals surface area (Å²) in [6.07, 6.45) is -3.54. The minimum absolute atomic E-state index is 0.0574. The highest BCUT2D eigenvalue weighted by molar-refractivity contribution is 5.93. The third-order valence-electron chi connectivity index (χ3n) is 7.52. The molecule has 1 saturated carbocycles. The lowest BCUT2D eigenvalue weighted by Crippen LogP contribution is -2.59. The van der Waals surface area contributed by atoms with Gasteiger partial charge in [-0.1, -0.05) is 0 Å². The Kier molecular flexibility index (Phi) is 7.69. The van der Waals surface area contributed by atoms with Crippen molar-refractivity contribution in [1.29, 1.82) is 0 Å². The lowest BCUT2D eigenvalue weighted by Gasteiger charge is -2.40. The number of anilines is 1. The average molecular weight is 538 g/mol. The second kappa shape index (κ2) is 10.8. The van der Waals surface area contributed by atoms with Crippen LogP contribution < -0.4 is 10.3 Å². The van der Waals surface area contributed by atoms with Gasteiger partial charge in [0.25, 0.3) is 0 Å². The second-order valence-electron chi connectivity index (χ2n) is 10.0. The molecule has 2 aliphatic heterocycles. The van der Waals surface area contributed by atoms with Crippen molar-refractivity contribution in [2.75, 3.05) is 50.8 Å². The number of benzene rings is 1. The number of hydrogen-bond acceptors (Lipinski definition) is 10. The van der Waals surface area contributed by atoms with Gasteiger partial charge in [0.15, 0.2) is 6.29 Å². The molecular formula is C25H32FN3O9. The molecule has 38 heavy (non-hydrogen) atoms. The smallest absolute Gasteiger partial charge is 0.341 e. The number of aliphatic hydroxyl groups excluding tert-OH is 4. The number of hydrogen-bond donors (Lipinski definition) is 5. The Morgan fingerprint density at radius 2 is 1.79 bits per heavy atom. The molecule has 5 rings (SSSR count). The maximum atomic E-state index is 15.2. The number of halogens is 1. The Morgan fingerprint density at radius 1 is 1.08 bits per heavy atom. The number of rotatable bonds is 8. The van der Waals surface area contributed by atoms with Crippen molar-refractivity contribution in [3.05, 3.63) is 39.9 Å². The summed E-state index contributed by atoms with van der Waals surface area (Å²) < 4.78 is 27.8. The van der Waals surface area contributed by atoms with Gasteiger partial charge in [0.1, 0.15) is 35.8 Å². The number of carboxylic acid groups (broad SMARTS) is 1. The summed E-state index contributed by atoms with van der Waals surface area (Å²) in [5.74, 6) is -1.92. The van der Waals surface area contributed by atoms with Crippen molar-refractivity contribution in [1.82, 2.24) is 9.47 Å². The van der Waals surface area contributed by atoms with Crippen LogP contribution in [0.1, 0.15) is 29.2 Å². The van der Waals surface area contributed by atoms with E-state index in [1.807, 2.05) is 4.90 Å². The Labute approximate surface area is 217 Å². The summed E-state index contributed by atoms with van der Waals surface area (Å²) in [5, 5.41) is 48.6. The van der Waals surface area contributed by atoms with Gasteiger partial charge in [0, 0.05) is 50.3 Å². The summed E-state index contributed by atoms with van der Waals surface area (Å²) in [6.45, 7) is 2.28. The monoisotopic (exact) mass is 537 g/mol. The predicted molar refractivity (Wildman–Crippen MR) is 132 cm³/mol. The van der Waals surface area contributed by atoms with Crippen molar-refractivity contribution in [3.63, 3.8) is 0 Å². The quantitative estimate of drug-likeness (QED) is 0.284. The number of carbonyl (C=O) groups is 1. The van der Waals surface area contributed by atoms with Crippen molar-refractivity contribution in [2.24, 2.45) is 0 Å². The number of piperazine rings is 1. The van der Waals surface area contributed by atoms with Crippen molar-refractivity contribution >= 4 is 22.6 Å². The first-order valence-electron chi connectivity index (χ1n) is 12.7. The highest BCUT2D eigenvalue weighted by atomic mass is 19.1. The molecule has 2 aromatic rings. The first-order chi connectivity index (χ1) is 18.2. The largest absolute Gasteiger partial charge is 0.477 e. The lowest BCUT2D eigenvalue weighted by molar-refractivity contribution is -0.301. The van der Waals surface area contributed by atoms with Crippen molar-refractivity contribution in [2.45, 2.75) is 49.6 Å². The van der Waals surface area contributed by atoms with Crippen LogP contribution in [0.15, 0.2) is 23.1 Å². The molecule has 3 fully saturated rings. The van der Waals surface area contributed by atoms with E-state index in [9.17, 15) is 35.1 Å². The highest BCUT2D eigenvalue weighted by Crippen LogP contribution is 2.38. The van der Waals surface area contributed by atoms with Gasteiger partial charge in [-0.15, -0.1) is 0 Å². The lowest BCUT2D eigenvalue weighted by atomic mass is 9.99. The standard InChI is InChI=1S/C25H32FN3O9/c26-16-9-14-17(29(13-1-2-13)11-15(20(14)31)24(35)36)10-18(16)28-5-3-27(4-6-28)7-8-37-25-23(34)22(33)21(32)19(12-30)38-25/h9-11,13,19,21-23,25,30,32-34H,1-8,12H2,(H,35,36)/t19-,21+,22-,23-,25+/m0/s1. The van der Waals surface area contributed by atoms with E-state index in [1.54, 1.807) is 10.6 Å². The van der Waals surface area contributed by atoms with Gasteiger partial charge in [-0.3, -0.25) is 9.69 Å². The Hall–Kier alpha value is -2.65. The molecular weight excluding hydrogens is 505 g/mol. The van der Waals surface area contributed by atoms with Crippen LogP contribution in [0.4, 0.5) is 10.1 Å². The number of aromatic nitrogens is 1. The van der Waals surface area contributed by atoms with Gasteiger partial charge in [-0.2, -0.15) is 0 Å². The van der Waals surface area contributed by atoms with Crippen molar-refractivity contribution in [3.8, 4) is 0 Å². The van der Waals surface area contributed by atoms with E-state index in [0.717, 1.165) is 18.9 Å². The van der Waals surface area contributed by atoms with E-state index in [-0.39, 0.29) is 23.6 Å². The maximum absolute atomic E-state index is 15.2. The van der Waals surface area contributed by atoms with Crippen LogP contribution in [0.2, 0.25) is 0 Å². The number of aromatic carboxylic acids is 1. The van der Waals surface area contributed by atoms with E-state index in [1.165, 1.54) is 6.20 Å². The molecule has 5 atom stereocenters. The minimum atomic E-state index is -1.50. The zero-order valence-corrected chi connectivity index (χ0v) is 20.6. The maximum Gasteiger partial charge on any atom is 0.341 e. The van der Waals surface area contributed by atoms with E-state index in [4.69, 9.17) is 9.47 Å². The molecule has 13 heteroatoms. The summed E-state index contributed by atoms with van der Waals surface area (Å²) in [6, 6.07) is 2.86. The molecule has 1 aliphatic carbocycles. The topological polar surface area (TPSA) is 165 Å². The minimum Gasteiger partial charge on any atom is -0.477 e. The number of fused-ring (bicyclic) bond motifs is 1. The number of nitrogens with zero attached hydrogens (tertiary/aromatic N) is 3. The third-order valence-corrected chi connectivity index (χ3v) is 7.52. The van der Waals surface area contributed by atoms with Gasteiger partial charge in [-0.25, -0.2) is 9.18 Å². The van der Waals surface area contributed by atoms with Crippen LogP contribution in [0.5, 0.6) is 0 Å². The summed E-state index contributed by atoms with van der Waals surface area (Å²) in [5.41, 5.74) is -0.184. The fraction of sp³-hybridized carbons (Fsp3) is 0.600. The molecule has 3 aliphatic rings. The number of aliphatic hydroxyl groups is 4. The van der Waals surface area contributed by atoms with Crippen LogP contribution in [0.3, 0.4) is 0 Å². The van der Waals surface area contributed by atoms with Crippen LogP contribution >= 0.6 is 0 Å². The fourth-order valence-electron chi connectivity index (χ4n) is 5.12. The Morgan fingerprint density at radius 3 is 2.42 bits per heavy atom. The Balaban J connectivity index is 1.22. The molecule has 2 saturated heterocycles. The van der Waals surface area contributed by atoms with E-state index < -0.39 is 54.5 Å². The molecule has 0 radical (unpaired) electrons. The zero-order chi connectivity index (χ0) is 27.1. The third kappa shape index (κ3) is 5.15. The van der Waals surface area contributed by atoms with Gasteiger partial charge >= 0.3 is 5.97 Å². The molecule has 1 aromatic carbocycles. The van der Waals surface area contributed by atoms with E-state index in [2.05, 4.69) is 4.90 Å².